The van der Waals surface area contributed by atoms with Crippen LogP contribution in [0.4, 0.5) is 0 Å². The number of carbonyl (C=O) groups excluding carboxylic acids is 1. The lowest BCUT2D eigenvalue weighted by molar-refractivity contribution is -0.122. The molecule has 5 heteroatoms. The first-order valence-electron chi connectivity index (χ1n) is 5.44. The van der Waals surface area contributed by atoms with Gasteiger partial charge in [-0.3, -0.25) is 4.79 Å². The third-order valence-corrected chi connectivity index (χ3v) is 2.65. The van der Waals surface area contributed by atoms with E-state index in [9.17, 15) is 9.90 Å². The Hall–Kier alpha value is -2.04. The summed E-state index contributed by atoms with van der Waals surface area (Å²) in [5, 5.41) is 22.7. The SMILES string of the molecule is C/C(=N\NC(=O)C1CC1)c1ccc(O)cc1O. The van der Waals surface area contributed by atoms with Gasteiger partial charge in [-0.15, -0.1) is 0 Å². The molecule has 0 unspecified atom stereocenters. The molecule has 0 aromatic heterocycles. The fourth-order valence-electron chi connectivity index (χ4n) is 1.46. The Morgan fingerprint density at radius 3 is 2.71 bits per heavy atom. The van der Waals surface area contributed by atoms with Gasteiger partial charge >= 0.3 is 0 Å². The molecule has 17 heavy (non-hydrogen) atoms. The minimum Gasteiger partial charge on any atom is -0.508 e. The molecule has 5 nitrogen and oxygen atoms in total. The first kappa shape index (κ1) is 11.4. The van der Waals surface area contributed by atoms with E-state index in [1.54, 1.807) is 13.0 Å². The number of aromatic hydroxyl groups is 2. The minimum atomic E-state index is -0.0809. The number of hydrogen-bond acceptors (Lipinski definition) is 4. The highest BCUT2D eigenvalue weighted by Crippen LogP contribution is 2.28. The fourth-order valence-corrected chi connectivity index (χ4v) is 1.46. The van der Waals surface area contributed by atoms with Crippen molar-refractivity contribution in [2.24, 2.45) is 11.0 Å². The highest BCUT2D eigenvalue weighted by molar-refractivity contribution is 6.01. The lowest BCUT2D eigenvalue weighted by atomic mass is 10.1. The van der Waals surface area contributed by atoms with Crippen LogP contribution < -0.4 is 5.43 Å². The Morgan fingerprint density at radius 1 is 1.41 bits per heavy atom. The van der Waals surface area contributed by atoms with Gasteiger partial charge in [0, 0.05) is 17.5 Å². The molecule has 0 radical (unpaired) electrons. The number of hydrogen-bond donors (Lipinski definition) is 3. The molecular formula is C12H14N2O3. The van der Waals surface area contributed by atoms with Crippen molar-refractivity contribution in [2.45, 2.75) is 19.8 Å². The molecule has 0 bridgehead atoms. The topological polar surface area (TPSA) is 81.9 Å². The molecule has 1 amide bonds. The van der Waals surface area contributed by atoms with Gasteiger partial charge in [0.2, 0.25) is 5.91 Å². The molecule has 1 aliphatic rings. The zero-order valence-electron chi connectivity index (χ0n) is 9.47. The summed E-state index contributed by atoms with van der Waals surface area (Å²) in [4.78, 5) is 11.4. The van der Waals surface area contributed by atoms with Crippen LogP contribution in [0, 0.1) is 5.92 Å². The Labute approximate surface area is 98.8 Å². The molecule has 0 saturated heterocycles. The van der Waals surface area contributed by atoms with Gasteiger partial charge in [-0.1, -0.05) is 0 Å². The smallest absolute Gasteiger partial charge is 0.243 e. The van der Waals surface area contributed by atoms with Gasteiger partial charge in [-0.05, 0) is 31.9 Å². The highest BCUT2D eigenvalue weighted by atomic mass is 16.3. The lowest BCUT2D eigenvalue weighted by Crippen LogP contribution is -2.20. The summed E-state index contributed by atoms with van der Waals surface area (Å²) in [5.74, 6) is -0.0597. The normalized spacial score (nSPS) is 15.7. The van der Waals surface area contributed by atoms with Gasteiger partial charge in [0.15, 0.2) is 0 Å². The molecule has 3 N–H and O–H groups in total. The molecule has 2 rings (SSSR count). The van der Waals surface area contributed by atoms with E-state index in [1.807, 2.05) is 0 Å². The number of hydrazone groups is 1. The van der Waals surface area contributed by atoms with Crippen molar-refractivity contribution >= 4 is 11.6 Å². The number of phenolic OH excluding ortho intramolecular Hbond substituents is 2. The summed E-state index contributed by atoms with van der Waals surface area (Å²) in [5.41, 5.74) is 3.44. The van der Waals surface area contributed by atoms with Crippen LogP contribution in [0.5, 0.6) is 11.5 Å². The first-order valence-corrected chi connectivity index (χ1v) is 5.44. The van der Waals surface area contributed by atoms with E-state index >= 15 is 0 Å². The van der Waals surface area contributed by atoms with Crippen LogP contribution in [0.25, 0.3) is 0 Å². The van der Waals surface area contributed by atoms with Crippen LogP contribution in [0.2, 0.25) is 0 Å². The van der Waals surface area contributed by atoms with Crippen molar-refractivity contribution < 1.29 is 15.0 Å². The molecule has 0 aliphatic heterocycles. The summed E-state index contributed by atoms with van der Waals surface area (Å²) >= 11 is 0. The van der Waals surface area contributed by atoms with Crippen molar-refractivity contribution in [3.8, 4) is 11.5 Å². The Balaban J connectivity index is 2.09. The molecule has 1 aliphatic carbocycles. The number of nitrogens with one attached hydrogen (secondary N) is 1. The molecule has 0 heterocycles. The van der Waals surface area contributed by atoms with E-state index in [0.29, 0.717) is 11.3 Å². The van der Waals surface area contributed by atoms with Crippen molar-refractivity contribution in [1.82, 2.24) is 5.43 Å². The number of amides is 1. The Kier molecular flexibility index (Phi) is 2.99. The van der Waals surface area contributed by atoms with Crippen molar-refractivity contribution in [3.63, 3.8) is 0 Å². The van der Waals surface area contributed by atoms with Gasteiger partial charge < -0.3 is 10.2 Å². The van der Waals surface area contributed by atoms with E-state index in [1.165, 1.54) is 12.1 Å². The van der Waals surface area contributed by atoms with Crippen molar-refractivity contribution in [3.05, 3.63) is 23.8 Å². The second-order valence-corrected chi connectivity index (χ2v) is 4.15. The van der Waals surface area contributed by atoms with Gasteiger partial charge in [-0.25, -0.2) is 5.43 Å². The average molecular weight is 234 g/mol. The van der Waals surface area contributed by atoms with Gasteiger partial charge in [0.05, 0.1) is 5.71 Å². The maximum atomic E-state index is 11.4. The fraction of sp³-hybridized carbons (Fsp3) is 0.333. The predicted octanol–water partition coefficient (Wildman–Crippen LogP) is 1.35. The van der Waals surface area contributed by atoms with Crippen LogP contribution in [0.15, 0.2) is 23.3 Å². The molecule has 0 spiro atoms. The largest absolute Gasteiger partial charge is 0.508 e. The summed E-state index contributed by atoms with van der Waals surface area (Å²) < 4.78 is 0. The third kappa shape index (κ3) is 2.75. The van der Waals surface area contributed by atoms with Crippen molar-refractivity contribution in [1.29, 1.82) is 0 Å². The molecule has 1 aromatic carbocycles. The Bertz CT molecular complexity index is 479. The van der Waals surface area contributed by atoms with Gasteiger partial charge in [0.1, 0.15) is 11.5 Å². The van der Waals surface area contributed by atoms with Crippen LogP contribution in [0.1, 0.15) is 25.3 Å². The van der Waals surface area contributed by atoms with E-state index in [0.717, 1.165) is 12.8 Å². The van der Waals surface area contributed by atoms with E-state index in [2.05, 4.69) is 10.5 Å². The van der Waals surface area contributed by atoms with Crippen LogP contribution in [-0.2, 0) is 4.79 Å². The molecule has 1 saturated carbocycles. The number of carbonyl (C=O) groups is 1. The van der Waals surface area contributed by atoms with Gasteiger partial charge in [0.25, 0.3) is 0 Å². The summed E-state index contributed by atoms with van der Waals surface area (Å²) in [6.07, 6.45) is 1.84. The van der Waals surface area contributed by atoms with E-state index < -0.39 is 0 Å². The zero-order valence-corrected chi connectivity index (χ0v) is 9.47. The zero-order chi connectivity index (χ0) is 12.4. The maximum Gasteiger partial charge on any atom is 0.243 e. The summed E-state index contributed by atoms with van der Waals surface area (Å²) in [6.45, 7) is 1.68. The number of benzene rings is 1. The molecular weight excluding hydrogens is 220 g/mol. The van der Waals surface area contributed by atoms with Crippen molar-refractivity contribution in [2.75, 3.05) is 0 Å². The lowest BCUT2D eigenvalue weighted by Gasteiger charge is -2.05. The number of rotatable bonds is 3. The quantitative estimate of drug-likeness (QED) is 0.545. The predicted molar refractivity (Wildman–Crippen MR) is 62.8 cm³/mol. The summed E-state index contributed by atoms with van der Waals surface area (Å²) in [6, 6.07) is 4.24. The molecule has 1 fully saturated rings. The monoisotopic (exact) mass is 234 g/mol. The maximum absolute atomic E-state index is 11.4. The molecule has 90 valence electrons. The molecule has 1 aromatic rings. The van der Waals surface area contributed by atoms with Gasteiger partial charge in [-0.2, -0.15) is 5.10 Å². The minimum absolute atomic E-state index is 0.0129. The Morgan fingerprint density at radius 2 is 2.12 bits per heavy atom. The van der Waals surface area contributed by atoms with Crippen LogP contribution in [-0.4, -0.2) is 21.8 Å². The first-order chi connectivity index (χ1) is 8.08. The van der Waals surface area contributed by atoms with E-state index in [-0.39, 0.29) is 23.3 Å². The number of phenols is 2. The average Bonchev–Trinajstić information content (AvgIpc) is 3.09. The highest BCUT2D eigenvalue weighted by Gasteiger charge is 2.29. The third-order valence-electron chi connectivity index (χ3n) is 2.65. The summed E-state index contributed by atoms with van der Waals surface area (Å²) in [7, 11) is 0. The molecule has 0 atom stereocenters. The second-order valence-electron chi connectivity index (χ2n) is 4.15. The number of nitrogens with zero attached hydrogens (tertiary/aromatic N) is 1. The second kappa shape index (κ2) is 4.45. The van der Waals surface area contributed by atoms with Crippen LogP contribution in [0.3, 0.4) is 0 Å². The van der Waals surface area contributed by atoms with E-state index in [4.69, 9.17) is 5.11 Å². The standard InChI is InChI=1S/C12H14N2O3/c1-7(13-14-12(17)8-2-3-8)10-5-4-9(15)6-11(10)16/h4-6,8,15-16H,2-3H2,1H3,(H,14,17)/b13-7+. The van der Waals surface area contributed by atoms with Crippen LogP contribution >= 0.6 is 0 Å².